The van der Waals surface area contributed by atoms with Gasteiger partial charge in [0, 0.05) is 24.7 Å². The fraction of sp³-hybridized carbons (Fsp3) is 0.333. The first kappa shape index (κ1) is 15.6. The lowest BCUT2D eigenvalue weighted by Gasteiger charge is -2.30. The minimum atomic E-state index is -1.31. The number of cyclic esters (lactones) is 2. The second kappa shape index (κ2) is 5.89. The largest absolute Gasteiger partial charge is 0.511 e. The zero-order chi connectivity index (χ0) is 15.6. The SMILES string of the molecule is CC1(C)OC(=O)C(=C(O)CCc2ccccc2Br)C(=O)O1. The predicted octanol–water partition coefficient (Wildman–Crippen LogP) is 3.03. The molecule has 0 bridgehead atoms. The molecular formula is C15H15BrO5. The van der Waals surface area contributed by atoms with Gasteiger partial charge in [0.05, 0.1) is 0 Å². The molecule has 2 rings (SSSR count). The van der Waals surface area contributed by atoms with Crippen molar-refractivity contribution in [3.63, 3.8) is 0 Å². The van der Waals surface area contributed by atoms with Gasteiger partial charge in [0.15, 0.2) is 5.57 Å². The minimum absolute atomic E-state index is 0.141. The van der Waals surface area contributed by atoms with Gasteiger partial charge in [-0.25, -0.2) is 9.59 Å². The molecule has 0 radical (unpaired) electrons. The Balaban J connectivity index is 2.15. The summed E-state index contributed by atoms with van der Waals surface area (Å²) in [6.45, 7) is 2.91. The standard InChI is InChI=1S/C15H15BrO5/c1-15(2)20-13(18)12(14(19)21-15)11(17)8-7-9-5-3-4-6-10(9)16/h3-6,17H,7-8H2,1-2H3. The number of carbonyl (C=O) groups is 2. The number of aliphatic hydroxyl groups is 1. The van der Waals surface area contributed by atoms with Crippen LogP contribution in [-0.2, 0) is 25.5 Å². The van der Waals surface area contributed by atoms with Gasteiger partial charge >= 0.3 is 11.9 Å². The Kier molecular flexibility index (Phi) is 4.37. The van der Waals surface area contributed by atoms with Gasteiger partial charge in [-0.05, 0) is 18.1 Å². The second-order valence-electron chi connectivity index (χ2n) is 5.09. The van der Waals surface area contributed by atoms with Crippen LogP contribution in [0.2, 0.25) is 0 Å². The van der Waals surface area contributed by atoms with Gasteiger partial charge in [-0.2, -0.15) is 0 Å². The molecular weight excluding hydrogens is 340 g/mol. The maximum atomic E-state index is 11.8. The Hall–Kier alpha value is -1.82. The monoisotopic (exact) mass is 354 g/mol. The van der Waals surface area contributed by atoms with E-state index in [9.17, 15) is 14.7 Å². The summed E-state index contributed by atoms with van der Waals surface area (Å²) in [6, 6.07) is 7.52. The molecule has 0 saturated carbocycles. The molecule has 0 atom stereocenters. The Bertz CT molecular complexity index is 596. The number of ether oxygens (including phenoxy) is 2. The number of aryl methyl sites for hydroxylation is 1. The number of hydrogen-bond acceptors (Lipinski definition) is 5. The molecule has 5 nitrogen and oxygen atoms in total. The smallest absolute Gasteiger partial charge is 0.352 e. The van der Waals surface area contributed by atoms with Crippen molar-refractivity contribution in [2.75, 3.05) is 0 Å². The molecule has 6 heteroatoms. The van der Waals surface area contributed by atoms with Crippen LogP contribution in [0.15, 0.2) is 40.1 Å². The van der Waals surface area contributed by atoms with Crippen LogP contribution in [-0.4, -0.2) is 22.8 Å². The van der Waals surface area contributed by atoms with Crippen LogP contribution in [0.5, 0.6) is 0 Å². The van der Waals surface area contributed by atoms with Crippen molar-refractivity contribution in [1.29, 1.82) is 0 Å². The highest BCUT2D eigenvalue weighted by atomic mass is 79.9. The normalized spacial score (nSPS) is 17.2. The van der Waals surface area contributed by atoms with E-state index in [1.807, 2.05) is 24.3 Å². The number of benzene rings is 1. The Morgan fingerprint density at radius 1 is 1.19 bits per heavy atom. The molecule has 0 spiro atoms. The third-order valence-electron chi connectivity index (χ3n) is 2.96. The first-order valence-electron chi connectivity index (χ1n) is 6.42. The Labute approximate surface area is 130 Å². The number of halogens is 1. The van der Waals surface area contributed by atoms with Gasteiger partial charge in [0.1, 0.15) is 5.76 Å². The van der Waals surface area contributed by atoms with Gasteiger partial charge in [0.2, 0.25) is 0 Å². The molecule has 1 fully saturated rings. The maximum Gasteiger partial charge on any atom is 0.352 e. The number of hydrogen-bond donors (Lipinski definition) is 1. The van der Waals surface area contributed by atoms with Crippen LogP contribution in [0.3, 0.4) is 0 Å². The molecule has 1 aromatic rings. The van der Waals surface area contributed by atoms with E-state index < -0.39 is 23.3 Å². The molecule has 1 N–H and O–H groups in total. The van der Waals surface area contributed by atoms with Crippen LogP contribution in [0.4, 0.5) is 0 Å². The van der Waals surface area contributed by atoms with Crippen LogP contribution in [0.1, 0.15) is 25.8 Å². The molecule has 0 unspecified atom stereocenters. The van der Waals surface area contributed by atoms with Crippen molar-refractivity contribution >= 4 is 27.9 Å². The molecule has 0 amide bonds. The van der Waals surface area contributed by atoms with E-state index in [-0.39, 0.29) is 12.2 Å². The zero-order valence-corrected chi connectivity index (χ0v) is 13.3. The van der Waals surface area contributed by atoms with Gasteiger partial charge < -0.3 is 14.6 Å². The van der Waals surface area contributed by atoms with E-state index >= 15 is 0 Å². The molecule has 1 heterocycles. The zero-order valence-electron chi connectivity index (χ0n) is 11.7. The lowest BCUT2D eigenvalue weighted by Crippen LogP contribution is -2.42. The van der Waals surface area contributed by atoms with E-state index in [1.165, 1.54) is 13.8 Å². The van der Waals surface area contributed by atoms with Crippen molar-refractivity contribution in [1.82, 2.24) is 0 Å². The lowest BCUT2D eigenvalue weighted by molar-refractivity contribution is -0.222. The number of allylic oxidation sites excluding steroid dienone is 1. The molecule has 1 aliphatic heterocycles. The van der Waals surface area contributed by atoms with E-state index in [0.29, 0.717) is 6.42 Å². The fourth-order valence-corrected chi connectivity index (χ4v) is 2.45. The van der Waals surface area contributed by atoms with Gasteiger partial charge in [-0.1, -0.05) is 34.1 Å². The average molecular weight is 355 g/mol. The summed E-state index contributed by atoms with van der Waals surface area (Å²) in [5, 5.41) is 10.00. The van der Waals surface area contributed by atoms with Crippen LogP contribution >= 0.6 is 15.9 Å². The van der Waals surface area contributed by atoms with Crippen molar-refractivity contribution < 1.29 is 24.2 Å². The third kappa shape index (κ3) is 3.64. The summed E-state index contributed by atoms with van der Waals surface area (Å²) in [5.41, 5.74) is 0.531. The summed E-state index contributed by atoms with van der Waals surface area (Å²) >= 11 is 3.40. The second-order valence-corrected chi connectivity index (χ2v) is 5.95. The quantitative estimate of drug-likeness (QED) is 0.391. The van der Waals surface area contributed by atoms with E-state index in [2.05, 4.69) is 15.9 Å². The number of rotatable bonds is 3. The summed E-state index contributed by atoms with van der Waals surface area (Å²) in [6.07, 6.45) is 0.614. The highest BCUT2D eigenvalue weighted by molar-refractivity contribution is 9.10. The average Bonchev–Trinajstić information content (AvgIpc) is 2.35. The van der Waals surface area contributed by atoms with Crippen molar-refractivity contribution in [3.05, 3.63) is 45.6 Å². The highest BCUT2D eigenvalue weighted by Crippen LogP contribution is 2.26. The maximum absolute atomic E-state index is 11.8. The predicted molar refractivity (Wildman–Crippen MR) is 78.4 cm³/mol. The number of esters is 2. The molecule has 0 aliphatic carbocycles. The minimum Gasteiger partial charge on any atom is -0.511 e. The number of carbonyl (C=O) groups excluding carboxylic acids is 2. The van der Waals surface area contributed by atoms with Gasteiger partial charge in [0.25, 0.3) is 5.79 Å². The van der Waals surface area contributed by atoms with E-state index in [4.69, 9.17) is 9.47 Å². The summed E-state index contributed by atoms with van der Waals surface area (Å²) in [7, 11) is 0. The van der Waals surface area contributed by atoms with Gasteiger partial charge in [-0.15, -0.1) is 0 Å². The summed E-state index contributed by atoms with van der Waals surface area (Å²) < 4.78 is 10.8. The van der Waals surface area contributed by atoms with E-state index in [1.54, 1.807) is 0 Å². The van der Waals surface area contributed by atoms with E-state index in [0.717, 1.165) is 10.0 Å². The fourth-order valence-electron chi connectivity index (χ4n) is 1.97. The van der Waals surface area contributed by atoms with Crippen molar-refractivity contribution in [2.24, 2.45) is 0 Å². The lowest BCUT2D eigenvalue weighted by atomic mass is 10.1. The van der Waals surface area contributed by atoms with Crippen molar-refractivity contribution in [3.8, 4) is 0 Å². The molecule has 1 saturated heterocycles. The molecule has 0 aromatic heterocycles. The van der Waals surface area contributed by atoms with Crippen molar-refractivity contribution in [2.45, 2.75) is 32.5 Å². The Morgan fingerprint density at radius 3 is 2.33 bits per heavy atom. The topological polar surface area (TPSA) is 72.8 Å². The van der Waals surface area contributed by atoms with Crippen LogP contribution < -0.4 is 0 Å². The third-order valence-corrected chi connectivity index (χ3v) is 3.74. The van der Waals surface area contributed by atoms with Crippen LogP contribution in [0.25, 0.3) is 0 Å². The molecule has 112 valence electrons. The molecule has 21 heavy (non-hydrogen) atoms. The first-order valence-corrected chi connectivity index (χ1v) is 7.21. The summed E-state index contributed by atoms with van der Waals surface area (Å²) in [4.78, 5) is 23.6. The first-order chi connectivity index (χ1) is 9.80. The molecule has 1 aliphatic rings. The summed E-state index contributed by atoms with van der Waals surface area (Å²) in [5.74, 6) is -3.35. The van der Waals surface area contributed by atoms with Gasteiger partial charge in [-0.3, -0.25) is 0 Å². The molecule has 1 aromatic carbocycles. The Morgan fingerprint density at radius 2 is 1.76 bits per heavy atom. The highest BCUT2D eigenvalue weighted by Gasteiger charge is 2.40. The number of aliphatic hydroxyl groups excluding tert-OH is 1. The van der Waals surface area contributed by atoms with Crippen LogP contribution in [0, 0.1) is 0 Å².